The van der Waals surface area contributed by atoms with E-state index in [4.69, 9.17) is 11.6 Å². The van der Waals surface area contributed by atoms with Crippen molar-refractivity contribution < 1.29 is 13.6 Å². The van der Waals surface area contributed by atoms with Crippen molar-refractivity contribution in [1.29, 1.82) is 0 Å². The van der Waals surface area contributed by atoms with Gasteiger partial charge in [0.15, 0.2) is 0 Å². The molecule has 6 heteroatoms. The Kier molecular flexibility index (Phi) is 3.55. The predicted octanol–water partition coefficient (Wildman–Crippen LogP) is 3.00. The van der Waals surface area contributed by atoms with Crippen LogP contribution in [0.3, 0.4) is 0 Å². The van der Waals surface area contributed by atoms with Crippen LogP contribution in [0.25, 0.3) is 0 Å². The zero-order chi connectivity index (χ0) is 10.0. The summed E-state index contributed by atoms with van der Waals surface area (Å²) in [7, 11) is 0. The Labute approximate surface area is 91.4 Å². The van der Waals surface area contributed by atoms with E-state index in [1.807, 2.05) is 0 Å². The third-order valence-corrected chi connectivity index (χ3v) is 2.45. The zero-order valence-electron chi connectivity index (χ0n) is 6.10. The fraction of sp³-hybridized carbons (Fsp3) is 0.143. The first kappa shape index (κ1) is 10.8. The minimum atomic E-state index is -2.58. The second-order valence-electron chi connectivity index (χ2n) is 2.17. The van der Waals surface area contributed by atoms with E-state index < -0.39 is 11.7 Å². The lowest BCUT2D eigenvalue weighted by molar-refractivity contribution is 0.107. The minimum Gasteiger partial charge on any atom is -0.274 e. The molecule has 0 amide bonds. The van der Waals surface area contributed by atoms with E-state index in [9.17, 15) is 13.6 Å². The van der Waals surface area contributed by atoms with Crippen molar-refractivity contribution in [2.75, 3.05) is 0 Å². The van der Waals surface area contributed by atoms with Crippen LogP contribution in [0.2, 0.25) is 0 Å². The molecule has 0 radical (unpaired) electrons. The molecular formula is C7H3ClF2INO. The van der Waals surface area contributed by atoms with Crippen LogP contribution >= 0.6 is 34.2 Å². The number of hydrogen-bond donors (Lipinski definition) is 0. The maximum Gasteiger partial charge on any atom is 0.270 e. The number of aromatic nitrogens is 1. The van der Waals surface area contributed by atoms with Gasteiger partial charge in [-0.1, -0.05) is 0 Å². The largest absolute Gasteiger partial charge is 0.274 e. The van der Waals surface area contributed by atoms with E-state index in [1.54, 1.807) is 22.6 Å². The highest BCUT2D eigenvalue weighted by atomic mass is 127. The molecule has 0 N–H and O–H groups in total. The molecule has 0 fully saturated rings. The predicted molar refractivity (Wildman–Crippen MR) is 52.1 cm³/mol. The third-order valence-electron chi connectivity index (χ3n) is 1.32. The van der Waals surface area contributed by atoms with Crippen molar-refractivity contribution in [3.05, 3.63) is 27.1 Å². The second-order valence-corrected chi connectivity index (χ2v) is 3.67. The Morgan fingerprint density at radius 1 is 1.62 bits per heavy atom. The molecule has 1 aromatic rings. The van der Waals surface area contributed by atoms with Gasteiger partial charge in [0.1, 0.15) is 5.69 Å². The first-order valence-corrected chi connectivity index (χ1v) is 4.61. The summed E-state index contributed by atoms with van der Waals surface area (Å²) in [5, 5.41) is -0.751. The minimum absolute atomic E-state index is 0.0181. The fourth-order valence-electron chi connectivity index (χ4n) is 0.709. The Hall–Kier alpha value is -0.300. The Morgan fingerprint density at radius 2 is 2.23 bits per heavy atom. The summed E-state index contributed by atoms with van der Waals surface area (Å²) >= 11 is 6.82. The SMILES string of the molecule is O=C(Cl)c1cc(I)c(C(F)F)cn1. The van der Waals surface area contributed by atoms with Gasteiger partial charge in [-0.3, -0.25) is 9.78 Å². The zero-order valence-corrected chi connectivity index (χ0v) is 9.01. The van der Waals surface area contributed by atoms with Gasteiger partial charge < -0.3 is 0 Å². The van der Waals surface area contributed by atoms with Gasteiger partial charge in [0.25, 0.3) is 11.7 Å². The number of alkyl halides is 2. The number of halogens is 4. The maximum absolute atomic E-state index is 12.2. The molecule has 0 saturated heterocycles. The van der Waals surface area contributed by atoms with Crippen LogP contribution < -0.4 is 0 Å². The third kappa shape index (κ3) is 2.57. The molecule has 0 spiro atoms. The summed E-state index contributed by atoms with van der Waals surface area (Å²) in [4.78, 5) is 14.1. The fourth-order valence-corrected chi connectivity index (χ4v) is 1.48. The molecule has 0 unspecified atom stereocenters. The summed E-state index contributed by atoms with van der Waals surface area (Å²) in [5.41, 5.74) is -0.210. The summed E-state index contributed by atoms with van der Waals surface area (Å²) < 4.78 is 24.7. The molecule has 0 saturated carbocycles. The van der Waals surface area contributed by atoms with E-state index in [0.29, 0.717) is 0 Å². The van der Waals surface area contributed by atoms with Crippen LogP contribution in [0.15, 0.2) is 12.3 Å². The molecule has 0 atom stereocenters. The van der Waals surface area contributed by atoms with Crippen molar-refractivity contribution in [3.8, 4) is 0 Å². The Bertz CT molecular complexity index is 345. The van der Waals surface area contributed by atoms with Crippen molar-refractivity contribution in [1.82, 2.24) is 4.98 Å². The molecule has 2 nitrogen and oxygen atoms in total. The van der Waals surface area contributed by atoms with Gasteiger partial charge >= 0.3 is 0 Å². The first-order chi connectivity index (χ1) is 6.02. The highest BCUT2D eigenvalue weighted by molar-refractivity contribution is 14.1. The maximum atomic E-state index is 12.2. The number of rotatable bonds is 2. The molecule has 0 aromatic carbocycles. The monoisotopic (exact) mass is 317 g/mol. The van der Waals surface area contributed by atoms with Crippen molar-refractivity contribution in [2.45, 2.75) is 6.43 Å². The Morgan fingerprint density at radius 3 is 2.62 bits per heavy atom. The molecule has 1 heterocycles. The van der Waals surface area contributed by atoms with Crippen molar-refractivity contribution >= 4 is 39.4 Å². The van der Waals surface area contributed by atoms with Crippen LogP contribution in [0.4, 0.5) is 8.78 Å². The van der Waals surface area contributed by atoms with Crippen LogP contribution in [-0.2, 0) is 0 Å². The van der Waals surface area contributed by atoms with Crippen LogP contribution in [0, 0.1) is 3.57 Å². The van der Waals surface area contributed by atoms with Gasteiger partial charge in [0.2, 0.25) is 0 Å². The van der Waals surface area contributed by atoms with Gasteiger partial charge in [-0.15, -0.1) is 0 Å². The molecule has 0 aliphatic heterocycles. The van der Waals surface area contributed by atoms with Crippen molar-refractivity contribution in [3.63, 3.8) is 0 Å². The normalized spacial score (nSPS) is 10.5. The number of nitrogens with zero attached hydrogens (tertiary/aromatic N) is 1. The van der Waals surface area contributed by atoms with Gasteiger partial charge in [-0.25, -0.2) is 8.78 Å². The highest BCUT2D eigenvalue weighted by Gasteiger charge is 2.14. The molecule has 0 aliphatic rings. The molecule has 0 bridgehead atoms. The summed E-state index contributed by atoms with van der Waals surface area (Å²) in [6.45, 7) is 0. The molecule has 1 rings (SSSR count). The van der Waals surface area contributed by atoms with Crippen LogP contribution in [-0.4, -0.2) is 10.2 Å². The molecule has 0 aliphatic carbocycles. The highest BCUT2D eigenvalue weighted by Crippen LogP contribution is 2.24. The number of carbonyl (C=O) groups is 1. The summed E-state index contributed by atoms with van der Waals surface area (Å²) in [5.74, 6) is 0. The average Bonchev–Trinajstić information content (AvgIpc) is 2.03. The molecular weight excluding hydrogens is 314 g/mol. The van der Waals surface area contributed by atoms with Gasteiger partial charge in [0, 0.05) is 15.3 Å². The quantitative estimate of drug-likeness (QED) is 0.620. The molecule has 13 heavy (non-hydrogen) atoms. The second kappa shape index (κ2) is 4.28. The van der Waals surface area contributed by atoms with E-state index in [0.717, 1.165) is 6.20 Å². The summed E-state index contributed by atoms with van der Waals surface area (Å²) in [6, 6.07) is 1.23. The van der Waals surface area contributed by atoms with E-state index >= 15 is 0 Å². The summed E-state index contributed by atoms with van der Waals surface area (Å²) in [6.07, 6.45) is -1.62. The number of pyridine rings is 1. The van der Waals surface area contributed by atoms with E-state index in [-0.39, 0.29) is 14.8 Å². The number of hydrogen-bond acceptors (Lipinski definition) is 2. The lowest BCUT2D eigenvalue weighted by Crippen LogP contribution is -1.98. The average molecular weight is 317 g/mol. The smallest absolute Gasteiger partial charge is 0.270 e. The van der Waals surface area contributed by atoms with Crippen LogP contribution in [0.5, 0.6) is 0 Å². The van der Waals surface area contributed by atoms with Crippen molar-refractivity contribution in [2.24, 2.45) is 0 Å². The lowest BCUT2D eigenvalue weighted by Gasteiger charge is -2.02. The van der Waals surface area contributed by atoms with E-state index in [1.165, 1.54) is 6.07 Å². The van der Waals surface area contributed by atoms with Gasteiger partial charge in [0.05, 0.1) is 0 Å². The molecule has 70 valence electrons. The topological polar surface area (TPSA) is 30.0 Å². The lowest BCUT2D eigenvalue weighted by atomic mass is 10.2. The van der Waals surface area contributed by atoms with E-state index in [2.05, 4.69) is 4.98 Å². The standard InChI is InChI=1S/C7H3ClF2INO/c8-6(13)5-1-4(11)3(2-12-5)7(9)10/h1-2,7H. The first-order valence-electron chi connectivity index (χ1n) is 3.16. The van der Waals surface area contributed by atoms with Gasteiger partial charge in [-0.05, 0) is 40.3 Å². The number of carbonyl (C=O) groups excluding carboxylic acids is 1. The molecule has 1 aromatic heterocycles. The van der Waals surface area contributed by atoms with Crippen LogP contribution in [0.1, 0.15) is 22.5 Å². The Balaban J connectivity index is 3.13. The van der Waals surface area contributed by atoms with Gasteiger partial charge in [-0.2, -0.15) is 0 Å².